The molecule has 0 saturated heterocycles. The highest BCUT2D eigenvalue weighted by Gasteiger charge is 2.41. The second-order valence-electron chi connectivity index (χ2n) is 14.7. The van der Waals surface area contributed by atoms with Crippen molar-refractivity contribution < 1.29 is 0 Å². The Morgan fingerprint density at radius 3 is 1.42 bits per heavy atom. The molecule has 0 aliphatic heterocycles. The van der Waals surface area contributed by atoms with Crippen LogP contribution in [0.25, 0.3) is 0 Å². The largest absolute Gasteiger partial charge is 0.307 e. The predicted octanol–water partition coefficient (Wildman–Crippen LogP) is 9.73. The van der Waals surface area contributed by atoms with Gasteiger partial charge in [0.25, 0.3) is 0 Å². The van der Waals surface area contributed by atoms with Crippen LogP contribution in [-0.2, 0) is 0 Å². The molecule has 0 spiro atoms. The molecule has 1 heteroatoms. The Morgan fingerprint density at radius 1 is 0.613 bits per heavy atom. The first-order valence-corrected chi connectivity index (χ1v) is 12.6. The van der Waals surface area contributed by atoms with Crippen LogP contribution in [0.1, 0.15) is 135 Å². The van der Waals surface area contributed by atoms with Crippen molar-refractivity contribution in [3.05, 3.63) is 24.3 Å². The minimum atomic E-state index is 0.0965. The average molecular weight is 434 g/mol. The van der Waals surface area contributed by atoms with E-state index >= 15 is 0 Å². The molecular formula is C30H59N. The molecule has 0 aliphatic rings. The molecule has 0 saturated carbocycles. The van der Waals surface area contributed by atoms with E-state index in [1.165, 1.54) is 24.0 Å². The highest BCUT2D eigenvalue weighted by atomic mass is 15.0. The monoisotopic (exact) mass is 433 g/mol. The van der Waals surface area contributed by atoms with Gasteiger partial charge in [0.15, 0.2) is 0 Å². The van der Waals surface area contributed by atoms with E-state index in [1.807, 2.05) is 0 Å². The lowest BCUT2D eigenvalue weighted by molar-refractivity contribution is 0.0706. The van der Waals surface area contributed by atoms with Gasteiger partial charge in [0, 0.05) is 11.1 Å². The lowest BCUT2D eigenvalue weighted by Crippen LogP contribution is -2.54. The van der Waals surface area contributed by atoms with Crippen molar-refractivity contribution in [2.75, 3.05) is 0 Å². The second-order valence-corrected chi connectivity index (χ2v) is 14.7. The van der Waals surface area contributed by atoms with Crippen molar-refractivity contribution in [1.82, 2.24) is 5.32 Å². The van der Waals surface area contributed by atoms with Gasteiger partial charge in [-0.1, -0.05) is 100 Å². The molecule has 1 N–H and O–H groups in total. The normalized spacial score (nSPS) is 16.2. The standard InChI is InChI=1S/C30H59N/c1-17-30(31-27(10,11)12,19-18-23(2)25(4,5)6)21-20-28(13,14)29(15,16)22-24(3)26(7,8)9/h31H,2-3,17-22H2,1,4-16H3. The lowest BCUT2D eigenvalue weighted by Gasteiger charge is -2.48. The van der Waals surface area contributed by atoms with Crippen LogP contribution < -0.4 is 5.32 Å². The molecule has 184 valence electrons. The van der Waals surface area contributed by atoms with Crippen molar-refractivity contribution in [2.45, 2.75) is 147 Å². The van der Waals surface area contributed by atoms with Crippen LogP contribution in [0.4, 0.5) is 0 Å². The first kappa shape index (κ1) is 30.4. The maximum absolute atomic E-state index is 4.45. The highest BCUT2D eigenvalue weighted by Crippen LogP contribution is 2.49. The fraction of sp³-hybridized carbons (Fsp3) is 0.867. The first-order chi connectivity index (χ1) is 13.5. The third-order valence-corrected chi connectivity index (χ3v) is 8.06. The minimum absolute atomic E-state index is 0.0965. The van der Waals surface area contributed by atoms with Crippen LogP contribution in [0, 0.1) is 21.7 Å². The minimum Gasteiger partial charge on any atom is -0.307 e. The SMILES string of the molecule is C=C(CCC(CC)(CCC(C)(C)C(C)(C)CC(=C)C(C)(C)C)NC(C)(C)C)C(C)(C)C. The van der Waals surface area contributed by atoms with Crippen LogP contribution in [0.15, 0.2) is 24.3 Å². The van der Waals surface area contributed by atoms with Crippen molar-refractivity contribution >= 4 is 0 Å². The van der Waals surface area contributed by atoms with Crippen LogP contribution >= 0.6 is 0 Å². The van der Waals surface area contributed by atoms with Crippen molar-refractivity contribution in [3.63, 3.8) is 0 Å². The maximum Gasteiger partial charge on any atom is 0.0187 e. The first-order valence-electron chi connectivity index (χ1n) is 12.6. The van der Waals surface area contributed by atoms with Crippen LogP contribution in [0.2, 0.25) is 0 Å². The Balaban J connectivity index is 5.64. The van der Waals surface area contributed by atoms with Gasteiger partial charge in [-0.25, -0.2) is 0 Å². The van der Waals surface area contributed by atoms with E-state index in [1.54, 1.807) is 0 Å². The number of hydrogen-bond acceptors (Lipinski definition) is 1. The fourth-order valence-electron chi connectivity index (χ4n) is 4.18. The number of hydrogen-bond donors (Lipinski definition) is 1. The molecule has 0 aromatic heterocycles. The second kappa shape index (κ2) is 10.1. The smallest absolute Gasteiger partial charge is 0.0187 e. The Morgan fingerprint density at radius 2 is 1.06 bits per heavy atom. The van der Waals surface area contributed by atoms with Crippen LogP contribution in [-0.4, -0.2) is 11.1 Å². The summed E-state index contributed by atoms with van der Waals surface area (Å²) in [5.41, 5.74) is 3.73. The molecule has 0 heterocycles. The van der Waals surface area contributed by atoms with E-state index in [0.29, 0.717) is 0 Å². The van der Waals surface area contributed by atoms with Gasteiger partial charge in [0.1, 0.15) is 0 Å². The number of allylic oxidation sites excluding steroid dienone is 2. The third-order valence-electron chi connectivity index (χ3n) is 8.06. The van der Waals surface area contributed by atoms with Gasteiger partial charge < -0.3 is 5.32 Å². The topological polar surface area (TPSA) is 12.0 Å². The molecular weight excluding hydrogens is 374 g/mol. The summed E-state index contributed by atoms with van der Waals surface area (Å²) in [7, 11) is 0. The van der Waals surface area contributed by atoms with Crippen LogP contribution in [0.5, 0.6) is 0 Å². The number of nitrogens with one attached hydrogen (secondary N) is 1. The summed E-state index contributed by atoms with van der Waals surface area (Å²) < 4.78 is 0. The third kappa shape index (κ3) is 9.85. The zero-order chi connectivity index (χ0) is 25.1. The molecule has 31 heavy (non-hydrogen) atoms. The fourth-order valence-corrected chi connectivity index (χ4v) is 4.18. The molecule has 0 amide bonds. The zero-order valence-electron chi connectivity index (χ0n) is 24.2. The van der Waals surface area contributed by atoms with Gasteiger partial charge in [0.2, 0.25) is 0 Å². The van der Waals surface area contributed by atoms with Gasteiger partial charge in [-0.05, 0) is 81.0 Å². The maximum atomic E-state index is 4.45. The van der Waals surface area contributed by atoms with Gasteiger partial charge in [-0.2, -0.15) is 0 Å². The molecule has 0 aliphatic carbocycles. The van der Waals surface area contributed by atoms with Crippen molar-refractivity contribution in [2.24, 2.45) is 21.7 Å². The summed E-state index contributed by atoms with van der Waals surface area (Å²) in [5.74, 6) is 0. The highest BCUT2D eigenvalue weighted by molar-refractivity contribution is 5.11. The van der Waals surface area contributed by atoms with E-state index in [9.17, 15) is 0 Å². The Kier molecular flexibility index (Phi) is 9.96. The molecule has 1 unspecified atom stereocenters. The van der Waals surface area contributed by atoms with Crippen molar-refractivity contribution in [3.8, 4) is 0 Å². The summed E-state index contributed by atoms with van der Waals surface area (Å²) in [6.07, 6.45) is 6.86. The Labute approximate surface area is 197 Å². The summed E-state index contributed by atoms with van der Waals surface area (Å²) in [6, 6.07) is 0. The molecule has 0 radical (unpaired) electrons. The zero-order valence-corrected chi connectivity index (χ0v) is 24.2. The van der Waals surface area contributed by atoms with E-state index in [2.05, 4.69) is 115 Å². The summed E-state index contributed by atoms with van der Waals surface area (Å²) in [4.78, 5) is 0. The molecule has 1 nitrogen and oxygen atoms in total. The van der Waals surface area contributed by atoms with E-state index in [4.69, 9.17) is 0 Å². The molecule has 0 aromatic rings. The van der Waals surface area contributed by atoms with Crippen molar-refractivity contribution in [1.29, 1.82) is 0 Å². The lowest BCUT2D eigenvalue weighted by atomic mass is 9.60. The van der Waals surface area contributed by atoms with Gasteiger partial charge >= 0.3 is 0 Å². The Hall–Kier alpha value is -0.560. The molecule has 0 fully saturated rings. The van der Waals surface area contributed by atoms with Gasteiger partial charge in [-0.3, -0.25) is 0 Å². The van der Waals surface area contributed by atoms with E-state index in [-0.39, 0.29) is 32.7 Å². The molecule has 1 atom stereocenters. The quantitative estimate of drug-likeness (QED) is 0.320. The summed E-state index contributed by atoms with van der Waals surface area (Å²) >= 11 is 0. The van der Waals surface area contributed by atoms with Gasteiger partial charge in [0.05, 0.1) is 0 Å². The molecule has 0 aromatic carbocycles. The number of rotatable bonds is 11. The van der Waals surface area contributed by atoms with E-state index in [0.717, 1.165) is 25.7 Å². The molecule has 0 rings (SSSR count). The van der Waals surface area contributed by atoms with Gasteiger partial charge in [-0.15, -0.1) is 0 Å². The Bertz CT molecular complexity index is 598. The van der Waals surface area contributed by atoms with Crippen LogP contribution in [0.3, 0.4) is 0 Å². The average Bonchev–Trinajstić information content (AvgIpc) is 2.53. The van der Waals surface area contributed by atoms with E-state index < -0.39 is 0 Å². The summed E-state index contributed by atoms with van der Waals surface area (Å²) in [6.45, 7) is 41.7. The predicted molar refractivity (Wildman–Crippen MR) is 144 cm³/mol. The molecule has 0 bridgehead atoms. The summed E-state index contributed by atoms with van der Waals surface area (Å²) in [5, 5.41) is 4.06.